The summed E-state index contributed by atoms with van der Waals surface area (Å²) in [5, 5.41) is 3.69. The SMILES string of the molecule is COc1ccc(CNC(C)C(c2ccccc2)c2ccccc2)cc1. The van der Waals surface area contributed by atoms with Gasteiger partial charge in [-0.1, -0.05) is 72.8 Å². The highest BCUT2D eigenvalue weighted by Gasteiger charge is 2.20. The van der Waals surface area contributed by atoms with Gasteiger partial charge in [0.1, 0.15) is 5.75 Å². The molecule has 0 fully saturated rings. The lowest BCUT2D eigenvalue weighted by atomic mass is 9.86. The molecular weight excluding hydrogens is 306 g/mol. The standard InChI is InChI=1S/C23H25NO/c1-18(24-17-19-13-15-22(25-2)16-14-19)23(20-9-5-3-6-10-20)21-11-7-4-8-12-21/h3-16,18,23-24H,17H2,1-2H3. The Labute approximate surface area is 150 Å². The van der Waals surface area contributed by atoms with Crippen LogP contribution in [0.4, 0.5) is 0 Å². The molecule has 0 heterocycles. The molecule has 128 valence electrons. The van der Waals surface area contributed by atoms with Gasteiger partial charge in [-0.3, -0.25) is 0 Å². The van der Waals surface area contributed by atoms with Gasteiger partial charge in [0.25, 0.3) is 0 Å². The van der Waals surface area contributed by atoms with Gasteiger partial charge in [0.15, 0.2) is 0 Å². The van der Waals surface area contributed by atoms with Crippen molar-refractivity contribution in [2.45, 2.75) is 25.4 Å². The summed E-state index contributed by atoms with van der Waals surface area (Å²) in [6.07, 6.45) is 0. The second kappa shape index (κ2) is 8.50. The topological polar surface area (TPSA) is 21.3 Å². The van der Waals surface area contributed by atoms with Gasteiger partial charge in [0, 0.05) is 18.5 Å². The third-order valence-corrected chi connectivity index (χ3v) is 4.60. The summed E-state index contributed by atoms with van der Waals surface area (Å²) in [4.78, 5) is 0. The highest BCUT2D eigenvalue weighted by atomic mass is 16.5. The molecule has 0 aliphatic heterocycles. The number of ether oxygens (including phenoxy) is 1. The molecular formula is C23H25NO. The van der Waals surface area contributed by atoms with Gasteiger partial charge in [0.05, 0.1) is 7.11 Å². The fourth-order valence-corrected chi connectivity index (χ4v) is 3.23. The summed E-state index contributed by atoms with van der Waals surface area (Å²) in [5.41, 5.74) is 3.93. The number of hydrogen-bond acceptors (Lipinski definition) is 2. The maximum absolute atomic E-state index is 5.23. The fraction of sp³-hybridized carbons (Fsp3) is 0.217. The Morgan fingerprint density at radius 1 is 0.760 bits per heavy atom. The Hall–Kier alpha value is -2.58. The predicted molar refractivity (Wildman–Crippen MR) is 104 cm³/mol. The molecule has 1 atom stereocenters. The second-order valence-electron chi connectivity index (χ2n) is 6.32. The maximum atomic E-state index is 5.23. The average Bonchev–Trinajstić information content (AvgIpc) is 2.69. The number of hydrogen-bond donors (Lipinski definition) is 1. The van der Waals surface area contributed by atoms with Gasteiger partial charge in [-0.05, 0) is 35.7 Å². The zero-order chi connectivity index (χ0) is 17.5. The first kappa shape index (κ1) is 17.2. The minimum Gasteiger partial charge on any atom is -0.497 e. The van der Waals surface area contributed by atoms with Crippen molar-refractivity contribution in [1.29, 1.82) is 0 Å². The van der Waals surface area contributed by atoms with Crippen LogP contribution in [0.3, 0.4) is 0 Å². The van der Waals surface area contributed by atoms with Crippen LogP contribution in [-0.4, -0.2) is 13.2 Å². The molecule has 2 nitrogen and oxygen atoms in total. The molecule has 0 amide bonds. The van der Waals surface area contributed by atoms with E-state index in [0.29, 0.717) is 12.0 Å². The number of nitrogens with one attached hydrogen (secondary N) is 1. The van der Waals surface area contributed by atoms with Crippen molar-refractivity contribution < 1.29 is 4.74 Å². The van der Waals surface area contributed by atoms with Crippen LogP contribution in [0.5, 0.6) is 5.75 Å². The monoisotopic (exact) mass is 331 g/mol. The third kappa shape index (κ3) is 4.49. The molecule has 0 spiro atoms. The first-order valence-electron chi connectivity index (χ1n) is 8.74. The van der Waals surface area contributed by atoms with Crippen molar-refractivity contribution in [2.24, 2.45) is 0 Å². The number of benzene rings is 3. The van der Waals surface area contributed by atoms with E-state index < -0.39 is 0 Å². The summed E-state index contributed by atoms with van der Waals surface area (Å²) < 4.78 is 5.23. The number of methoxy groups -OCH3 is 1. The zero-order valence-corrected chi connectivity index (χ0v) is 14.9. The van der Waals surface area contributed by atoms with Gasteiger partial charge in [0.2, 0.25) is 0 Å². The van der Waals surface area contributed by atoms with Crippen molar-refractivity contribution in [3.63, 3.8) is 0 Å². The van der Waals surface area contributed by atoms with Crippen LogP contribution in [0, 0.1) is 0 Å². The van der Waals surface area contributed by atoms with Gasteiger partial charge in [-0.25, -0.2) is 0 Å². The molecule has 0 saturated carbocycles. The summed E-state index contributed by atoms with van der Waals surface area (Å²) in [7, 11) is 1.69. The van der Waals surface area contributed by atoms with Crippen molar-refractivity contribution in [3.8, 4) is 5.75 Å². The molecule has 0 aromatic heterocycles. The Kier molecular flexibility index (Phi) is 5.86. The lowest BCUT2D eigenvalue weighted by molar-refractivity contribution is 0.414. The molecule has 0 bridgehead atoms. The number of rotatable bonds is 7. The summed E-state index contributed by atoms with van der Waals surface area (Å²) in [6, 6.07) is 30.0. The Balaban J connectivity index is 1.76. The molecule has 1 unspecified atom stereocenters. The van der Waals surface area contributed by atoms with Crippen molar-refractivity contribution in [1.82, 2.24) is 5.32 Å². The van der Waals surface area contributed by atoms with Crippen molar-refractivity contribution in [3.05, 3.63) is 102 Å². The second-order valence-corrected chi connectivity index (χ2v) is 6.32. The summed E-state index contributed by atoms with van der Waals surface area (Å²) in [5.74, 6) is 1.21. The van der Waals surface area contributed by atoms with Crippen LogP contribution in [0.25, 0.3) is 0 Å². The molecule has 3 aromatic rings. The zero-order valence-electron chi connectivity index (χ0n) is 14.9. The smallest absolute Gasteiger partial charge is 0.118 e. The van der Waals surface area contributed by atoms with Crippen molar-refractivity contribution in [2.75, 3.05) is 7.11 Å². The van der Waals surface area contributed by atoms with Gasteiger partial charge in [-0.2, -0.15) is 0 Å². The first-order chi connectivity index (χ1) is 12.3. The van der Waals surface area contributed by atoms with Gasteiger partial charge >= 0.3 is 0 Å². The van der Waals surface area contributed by atoms with Crippen LogP contribution in [-0.2, 0) is 6.54 Å². The van der Waals surface area contributed by atoms with Gasteiger partial charge in [-0.15, -0.1) is 0 Å². The lowest BCUT2D eigenvalue weighted by Crippen LogP contribution is -2.32. The first-order valence-corrected chi connectivity index (χ1v) is 8.74. The minimum atomic E-state index is 0.312. The van der Waals surface area contributed by atoms with E-state index in [4.69, 9.17) is 4.74 Å². The molecule has 3 aromatic carbocycles. The highest BCUT2D eigenvalue weighted by molar-refractivity contribution is 5.34. The predicted octanol–water partition coefficient (Wildman–Crippen LogP) is 5.01. The van der Waals surface area contributed by atoms with E-state index >= 15 is 0 Å². The lowest BCUT2D eigenvalue weighted by Gasteiger charge is -2.26. The fourth-order valence-electron chi connectivity index (χ4n) is 3.23. The van der Waals surface area contributed by atoms with Crippen molar-refractivity contribution >= 4 is 0 Å². The van der Waals surface area contributed by atoms with E-state index in [1.807, 2.05) is 12.1 Å². The molecule has 0 saturated heterocycles. The van der Waals surface area contributed by atoms with Gasteiger partial charge < -0.3 is 10.1 Å². The summed E-state index contributed by atoms with van der Waals surface area (Å²) >= 11 is 0. The minimum absolute atomic E-state index is 0.312. The third-order valence-electron chi connectivity index (χ3n) is 4.60. The van der Waals surface area contributed by atoms with Crippen LogP contribution in [0.1, 0.15) is 29.5 Å². The maximum Gasteiger partial charge on any atom is 0.118 e. The normalized spacial score (nSPS) is 12.1. The molecule has 0 aliphatic rings. The Morgan fingerprint density at radius 3 is 1.76 bits per heavy atom. The highest BCUT2D eigenvalue weighted by Crippen LogP contribution is 2.28. The molecule has 0 aliphatic carbocycles. The molecule has 0 radical (unpaired) electrons. The van der Waals surface area contributed by atoms with E-state index in [0.717, 1.165) is 12.3 Å². The van der Waals surface area contributed by atoms with E-state index in [1.165, 1.54) is 16.7 Å². The quantitative estimate of drug-likeness (QED) is 0.657. The Bertz CT molecular complexity index is 714. The molecule has 25 heavy (non-hydrogen) atoms. The Morgan fingerprint density at radius 2 is 1.28 bits per heavy atom. The van der Waals surface area contributed by atoms with Crippen LogP contribution in [0.2, 0.25) is 0 Å². The average molecular weight is 331 g/mol. The van der Waals surface area contributed by atoms with E-state index in [9.17, 15) is 0 Å². The van der Waals surface area contributed by atoms with E-state index in [2.05, 4.69) is 85.0 Å². The van der Waals surface area contributed by atoms with E-state index in [-0.39, 0.29) is 0 Å². The molecule has 2 heteroatoms. The largest absolute Gasteiger partial charge is 0.497 e. The molecule has 1 N–H and O–H groups in total. The molecule has 3 rings (SSSR count). The van der Waals surface area contributed by atoms with Crippen LogP contribution < -0.4 is 10.1 Å². The van der Waals surface area contributed by atoms with Crippen LogP contribution >= 0.6 is 0 Å². The van der Waals surface area contributed by atoms with Crippen LogP contribution in [0.15, 0.2) is 84.9 Å². The van der Waals surface area contributed by atoms with E-state index in [1.54, 1.807) is 7.11 Å². The summed E-state index contributed by atoms with van der Waals surface area (Å²) in [6.45, 7) is 3.09.